The minimum Gasteiger partial charge on any atom is -0.0622 e. The summed E-state index contributed by atoms with van der Waals surface area (Å²) in [5.74, 6) is 14.2. The van der Waals surface area contributed by atoms with Gasteiger partial charge >= 0.3 is 0 Å². The maximum atomic E-state index is 3.63. The minimum absolute atomic E-state index is 0.997. The fraction of sp³-hybridized carbons (Fsp3) is 0. The van der Waals surface area contributed by atoms with Crippen LogP contribution >= 0.6 is 0 Å². The highest BCUT2D eigenvalue weighted by atomic mass is 14.2. The van der Waals surface area contributed by atoms with Crippen LogP contribution in [0.2, 0.25) is 0 Å². The first kappa shape index (κ1) is 29.8. The Balaban J connectivity index is 1.36. The first-order valence-corrected chi connectivity index (χ1v) is 17.7. The maximum absolute atomic E-state index is 3.63. The summed E-state index contributed by atoms with van der Waals surface area (Å²) in [4.78, 5) is 0. The number of fused-ring (bicyclic) bond motifs is 2. The molecule has 0 atom stereocenters. The molecule has 0 amide bonds. The van der Waals surface area contributed by atoms with E-state index in [1.807, 2.05) is 36.4 Å². The highest BCUT2D eigenvalue weighted by molar-refractivity contribution is 6.30. The molecule has 0 spiro atoms. The smallest absolute Gasteiger partial charge is 0.0334 e. The second-order valence-electron chi connectivity index (χ2n) is 13.3. The van der Waals surface area contributed by atoms with E-state index in [0.29, 0.717) is 0 Å². The monoisotopic (exact) mass is 654 g/mol. The Morgan fingerprint density at radius 2 is 0.635 bits per heavy atom. The quantitative estimate of drug-likeness (QED) is 0.129. The van der Waals surface area contributed by atoms with Gasteiger partial charge in [0, 0.05) is 22.3 Å². The molecule has 0 bridgehead atoms. The average Bonchev–Trinajstić information content (AvgIpc) is 3.22. The van der Waals surface area contributed by atoms with E-state index < -0.39 is 0 Å². The van der Waals surface area contributed by atoms with Crippen LogP contribution in [-0.2, 0) is 0 Å². The lowest BCUT2D eigenvalue weighted by Crippen LogP contribution is -1.95. The van der Waals surface area contributed by atoms with Gasteiger partial charge < -0.3 is 0 Å². The van der Waals surface area contributed by atoms with Crippen molar-refractivity contribution in [1.82, 2.24) is 0 Å². The van der Waals surface area contributed by atoms with Crippen LogP contribution in [0.4, 0.5) is 0 Å². The molecule has 0 saturated carbocycles. The molecule has 10 aromatic rings. The van der Waals surface area contributed by atoms with Crippen LogP contribution < -0.4 is 0 Å². The standard InChI is InChI=1S/C52H30/c1-3-13-35(14-4-1)25-27-39-33-49(45-23-11-19-37-17-7-9-21-41(37)45)47-32-30-44-40(28-26-36-15-5-2-6-16-36)34-50(48-31-29-43(39)51(47)52(44)48)46-24-12-20-38-18-8-10-22-42(38)46/h1-24,29-34H. The molecule has 0 N–H and O–H groups in total. The van der Waals surface area contributed by atoms with Crippen LogP contribution in [-0.4, -0.2) is 0 Å². The molecule has 10 aromatic carbocycles. The third-order valence-electron chi connectivity index (χ3n) is 10.3. The topological polar surface area (TPSA) is 0 Å². The van der Waals surface area contributed by atoms with Crippen molar-refractivity contribution in [3.8, 4) is 45.9 Å². The molecule has 0 fully saturated rings. The van der Waals surface area contributed by atoms with Crippen molar-refractivity contribution in [2.75, 3.05) is 0 Å². The highest BCUT2D eigenvalue weighted by Gasteiger charge is 2.20. The second-order valence-corrected chi connectivity index (χ2v) is 13.3. The van der Waals surface area contributed by atoms with Gasteiger partial charge in [-0.1, -0.05) is 169 Å². The van der Waals surface area contributed by atoms with Gasteiger partial charge in [-0.15, -0.1) is 0 Å². The number of rotatable bonds is 2. The van der Waals surface area contributed by atoms with Crippen molar-refractivity contribution in [3.05, 3.63) is 204 Å². The van der Waals surface area contributed by atoms with Gasteiger partial charge in [0.2, 0.25) is 0 Å². The van der Waals surface area contributed by atoms with Crippen molar-refractivity contribution in [3.63, 3.8) is 0 Å². The average molecular weight is 655 g/mol. The van der Waals surface area contributed by atoms with Gasteiger partial charge in [-0.05, 0) is 113 Å². The largest absolute Gasteiger partial charge is 0.0622 e. The Labute approximate surface area is 303 Å². The van der Waals surface area contributed by atoms with Crippen molar-refractivity contribution in [2.24, 2.45) is 0 Å². The zero-order chi connectivity index (χ0) is 34.4. The molecule has 0 aliphatic rings. The summed E-state index contributed by atoms with van der Waals surface area (Å²) in [6.45, 7) is 0. The van der Waals surface area contributed by atoms with E-state index in [9.17, 15) is 0 Å². The summed E-state index contributed by atoms with van der Waals surface area (Å²) in [6, 6.07) is 64.9. The van der Waals surface area contributed by atoms with Crippen LogP contribution in [0.25, 0.3) is 76.1 Å². The Bertz CT molecular complexity index is 2880. The third-order valence-corrected chi connectivity index (χ3v) is 10.3. The third kappa shape index (κ3) is 4.98. The van der Waals surface area contributed by atoms with Crippen molar-refractivity contribution >= 4 is 53.9 Å². The Morgan fingerprint density at radius 1 is 0.250 bits per heavy atom. The molecule has 0 aromatic heterocycles. The molecule has 238 valence electrons. The van der Waals surface area contributed by atoms with Crippen LogP contribution in [0.3, 0.4) is 0 Å². The molecule has 0 aliphatic carbocycles. The lowest BCUT2D eigenvalue weighted by molar-refractivity contribution is 1.64. The zero-order valence-corrected chi connectivity index (χ0v) is 28.3. The summed E-state index contributed by atoms with van der Waals surface area (Å²) in [5, 5.41) is 12.1. The van der Waals surface area contributed by atoms with Gasteiger partial charge in [-0.2, -0.15) is 0 Å². The van der Waals surface area contributed by atoms with E-state index >= 15 is 0 Å². The van der Waals surface area contributed by atoms with Crippen LogP contribution in [0.1, 0.15) is 22.3 Å². The van der Waals surface area contributed by atoms with E-state index in [4.69, 9.17) is 0 Å². The van der Waals surface area contributed by atoms with Gasteiger partial charge in [0.1, 0.15) is 0 Å². The lowest BCUT2D eigenvalue weighted by Gasteiger charge is -2.20. The molecule has 0 unspecified atom stereocenters. The van der Waals surface area contributed by atoms with Gasteiger partial charge in [0.15, 0.2) is 0 Å². The summed E-state index contributed by atoms with van der Waals surface area (Å²) in [7, 11) is 0. The maximum Gasteiger partial charge on any atom is 0.0334 e. The van der Waals surface area contributed by atoms with E-state index in [0.717, 1.165) is 33.0 Å². The SMILES string of the molecule is C(#Cc1cc(-c2cccc3ccccc23)c2ccc3c(C#Cc4ccccc4)cc(-c4cccc5ccccc45)c4ccc1c2c34)c1ccccc1. The predicted molar refractivity (Wildman–Crippen MR) is 221 cm³/mol. The lowest BCUT2D eigenvalue weighted by atomic mass is 9.83. The summed E-state index contributed by atoms with van der Waals surface area (Å²) < 4.78 is 0. The van der Waals surface area contributed by atoms with E-state index in [1.54, 1.807) is 0 Å². The Kier molecular flexibility index (Phi) is 7.06. The van der Waals surface area contributed by atoms with Crippen LogP contribution in [0.15, 0.2) is 182 Å². The molecule has 52 heavy (non-hydrogen) atoms. The summed E-state index contributed by atoms with van der Waals surface area (Å²) in [5.41, 5.74) is 8.80. The van der Waals surface area contributed by atoms with Gasteiger partial charge in [0.25, 0.3) is 0 Å². The first-order valence-electron chi connectivity index (χ1n) is 17.7. The molecule has 10 rings (SSSR count). The fourth-order valence-corrected chi connectivity index (χ4v) is 7.89. The van der Waals surface area contributed by atoms with Gasteiger partial charge in [-0.25, -0.2) is 0 Å². The molecule has 0 heterocycles. The molecular formula is C52H30. The van der Waals surface area contributed by atoms with E-state index in [1.165, 1.54) is 65.3 Å². The molecule has 0 heteroatoms. The molecule has 0 nitrogen and oxygen atoms in total. The Morgan fingerprint density at radius 3 is 1.10 bits per heavy atom. The predicted octanol–water partition coefficient (Wildman–Crippen LogP) is 13.0. The Hall–Kier alpha value is -7.12. The normalized spacial score (nSPS) is 11.2. The molecular weight excluding hydrogens is 625 g/mol. The minimum atomic E-state index is 0.997. The number of hydrogen-bond acceptors (Lipinski definition) is 0. The second kappa shape index (κ2) is 12.3. The summed E-state index contributed by atoms with van der Waals surface area (Å²) >= 11 is 0. The number of benzene rings is 10. The molecule has 0 saturated heterocycles. The fourth-order valence-electron chi connectivity index (χ4n) is 7.89. The van der Waals surface area contributed by atoms with Gasteiger partial charge in [0.05, 0.1) is 0 Å². The highest BCUT2D eigenvalue weighted by Crippen LogP contribution is 2.46. The van der Waals surface area contributed by atoms with E-state index in [2.05, 4.69) is 169 Å². The van der Waals surface area contributed by atoms with Crippen LogP contribution in [0, 0.1) is 23.7 Å². The molecule has 0 aliphatic heterocycles. The first-order chi connectivity index (χ1) is 25.8. The van der Waals surface area contributed by atoms with Gasteiger partial charge in [-0.3, -0.25) is 0 Å². The van der Waals surface area contributed by atoms with Crippen molar-refractivity contribution < 1.29 is 0 Å². The van der Waals surface area contributed by atoms with Crippen molar-refractivity contribution in [1.29, 1.82) is 0 Å². The number of hydrogen-bond donors (Lipinski definition) is 0. The van der Waals surface area contributed by atoms with Crippen LogP contribution in [0.5, 0.6) is 0 Å². The zero-order valence-electron chi connectivity index (χ0n) is 28.3. The summed E-state index contributed by atoms with van der Waals surface area (Å²) in [6.07, 6.45) is 0. The van der Waals surface area contributed by atoms with E-state index in [-0.39, 0.29) is 0 Å². The molecule has 0 radical (unpaired) electrons. The van der Waals surface area contributed by atoms with Crippen molar-refractivity contribution in [2.45, 2.75) is 0 Å².